The topological polar surface area (TPSA) is 12.0 Å². The Morgan fingerprint density at radius 2 is 1.63 bits per heavy atom. The highest BCUT2D eigenvalue weighted by atomic mass is 14.9. The molecule has 1 N–H and O–H groups in total. The SMILES string of the molecule is CCCNC(c1ccc(CC(C)C)cc1)C(C)CC. The lowest BCUT2D eigenvalue weighted by atomic mass is 9.91. The van der Waals surface area contributed by atoms with Crippen LogP contribution in [0.2, 0.25) is 0 Å². The molecule has 0 spiro atoms. The molecule has 0 aliphatic carbocycles. The largest absolute Gasteiger partial charge is 0.310 e. The van der Waals surface area contributed by atoms with E-state index < -0.39 is 0 Å². The Morgan fingerprint density at radius 3 is 2.11 bits per heavy atom. The molecule has 1 aromatic rings. The molecule has 0 radical (unpaired) electrons. The predicted octanol–water partition coefficient (Wildman–Crippen LogP) is 4.97. The van der Waals surface area contributed by atoms with Gasteiger partial charge in [-0.1, -0.05) is 65.3 Å². The fraction of sp³-hybridized carbons (Fsp3) is 0.667. The zero-order chi connectivity index (χ0) is 14.3. The van der Waals surface area contributed by atoms with E-state index in [1.165, 1.54) is 30.4 Å². The second-order valence-electron chi connectivity index (χ2n) is 6.16. The molecule has 1 rings (SSSR count). The van der Waals surface area contributed by atoms with Crippen LogP contribution in [-0.2, 0) is 6.42 Å². The molecule has 1 heteroatoms. The number of nitrogens with one attached hydrogen (secondary N) is 1. The van der Waals surface area contributed by atoms with Crippen molar-refractivity contribution in [2.45, 2.75) is 59.9 Å². The average Bonchev–Trinajstić information content (AvgIpc) is 2.40. The number of rotatable bonds is 8. The van der Waals surface area contributed by atoms with Gasteiger partial charge in [0.05, 0.1) is 0 Å². The first-order valence-corrected chi connectivity index (χ1v) is 7.90. The summed E-state index contributed by atoms with van der Waals surface area (Å²) in [6.45, 7) is 12.5. The molecule has 0 aliphatic rings. The van der Waals surface area contributed by atoms with Crippen molar-refractivity contribution in [2.24, 2.45) is 11.8 Å². The summed E-state index contributed by atoms with van der Waals surface area (Å²) < 4.78 is 0. The zero-order valence-corrected chi connectivity index (χ0v) is 13.4. The monoisotopic (exact) mass is 261 g/mol. The van der Waals surface area contributed by atoms with E-state index in [1.807, 2.05) is 0 Å². The standard InChI is InChI=1S/C18H31N/c1-6-12-19-18(15(5)7-2)17-10-8-16(9-11-17)13-14(3)4/h8-11,14-15,18-19H,6-7,12-13H2,1-5H3. The number of hydrogen-bond acceptors (Lipinski definition) is 1. The van der Waals surface area contributed by atoms with Crippen LogP contribution < -0.4 is 5.32 Å². The van der Waals surface area contributed by atoms with Crippen LogP contribution >= 0.6 is 0 Å². The molecular formula is C18H31N. The van der Waals surface area contributed by atoms with E-state index in [0.717, 1.165) is 12.5 Å². The lowest BCUT2D eigenvalue weighted by molar-refractivity contribution is 0.377. The Bertz CT molecular complexity index is 339. The lowest BCUT2D eigenvalue weighted by Crippen LogP contribution is -2.27. The Kier molecular flexibility index (Phi) is 7.15. The quantitative estimate of drug-likeness (QED) is 0.696. The van der Waals surface area contributed by atoms with Crippen LogP contribution in [0.25, 0.3) is 0 Å². The van der Waals surface area contributed by atoms with Crippen LogP contribution in [-0.4, -0.2) is 6.54 Å². The van der Waals surface area contributed by atoms with E-state index in [2.05, 4.69) is 64.2 Å². The van der Waals surface area contributed by atoms with Crippen molar-refractivity contribution < 1.29 is 0 Å². The molecule has 0 amide bonds. The summed E-state index contributed by atoms with van der Waals surface area (Å²) >= 11 is 0. The van der Waals surface area contributed by atoms with Crippen molar-refractivity contribution in [3.05, 3.63) is 35.4 Å². The van der Waals surface area contributed by atoms with Gasteiger partial charge in [0.2, 0.25) is 0 Å². The summed E-state index contributed by atoms with van der Waals surface area (Å²) in [5.74, 6) is 1.41. The highest BCUT2D eigenvalue weighted by molar-refractivity contribution is 5.25. The van der Waals surface area contributed by atoms with E-state index in [4.69, 9.17) is 0 Å². The van der Waals surface area contributed by atoms with E-state index in [-0.39, 0.29) is 0 Å². The Hall–Kier alpha value is -0.820. The maximum Gasteiger partial charge on any atom is 0.0345 e. The molecule has 0 heterocycles. The maximum atomic E-state index is 3.70. The van der Waals surface area contributed by atoms with Crippen molar-refractivity contribution in [3.63, 3.8) is 0 Å². The van der Waals surface area contributed by atoms with Gasteiger partial charge in [0, 0.05) is 6.04 Å². The Labute approximate surface area is 119 Å². The molecule has 1 aromatic carbocycles. The zero-order valence-electron chi connectivity index (χ0n) is 13.4. The van der Waals surface area contributed by atoms with Gasteiger partial charge in [0.1, 0.15) is 0 Å². The number of hydrogen-bond donors (Lipinski definition) is 1. The van der Waals surface area contributed by atoms with Crippen molar-refractivity contribution >= 4 is 0 Å². The van der Waals surface area contributed by atoms with Crippen molar-refractivity contribution in [2.75, 3.05) is 6.54 Å². The van der Waals surface area contributed by atoms with Crippen LogP contribution in [0.1, 0.15) is 64.6 Å². The van der Waals surface area contributed by atoms with Crippen LogP contribution in [0.4, 0.5) is 0 Å². The van der Waals surface area contributed by atoms with Crippen LogP contribution in [0, 0.1) is 11.8 Å². The van der Waals surface area contributed by atoms with Crippen LogP contribution in [0.3, 0.4) is 0 Å². The predicted molar refractivity (Wildman–Crippen MR) is 85.5 cm³/mol. The van der Waals surface area contributed by atoms with Gasteiger partial charge >= 0.3 is 0 Å². The first-order valence-electron chi connectivity index (χ1n) is 7.90. The Morgan fingerprint density at radius 1 is 1.00 bits per heavy atom. The van der Waals surface area contributed by atoms with Crippen molar-refractivity contribution in [3.8, 4) is 0 Å². The molecule has 0 fully saturated rings. The highest BCUT2D eigenvalue weighted by Crippen LogP contribution is 2.25. The van der Waals surface area contributed by atoms with Gasteiger partial charge < -0.3 is 5.32 Å². The first kappa shape index (κ1) is 16.2. The average molecular weight is 261 g/mol. The van der Waals surface area contributed by atoms with Gasteiger partial charge in [-0.25, -0.2) is 0 Å². The molecule has 0 saturated heterocycles. The maximum absolute atomic E-state index is 3.70. The van der Waals surface area contributed by atoms with Gasteiger partial charge in [0.15, 0.2) is 0 Å². The second-order valence-corrected chi connectivity index (χ2v) is 6.16. The molecular weight excluding hydrogens is 230 g/mol. The molecule has 0 bridgehead atoms. The smallest absolute Gasteiger partial charge is 0.0345 e. The molecule has 2 unspecified atom stereocenters. The summed E-state index contributed by atoms with van der Waals surface area (Å²) in [6.07, 6.45) is 3.59. The third-order valence-electron chi connectivity index (χ3n) is 3.81. The molecule has 0 aliphatic heterocycles. The summed E-state index contributed by atoms with van der Waals surface area (Å²) in [6, 6.07) is 9.74. The van der Waals surface area contributed by atoms with E-state index in [1.54, 1.807) is 0 Å². The summed E-state index contributed by atoms with van der Waals surface area (Å²) in [5, 5.41) is 3.70. The van der Waals surface area contributed by atoms with Gasteiger partial charge in [-0.2, -0.15) is 0 Å². The van der Waals surface area contributed by atoms with Gasteiger partial charge in [-0.3, -0.25) is 0 Å². The molecule has 0 aromatic heterocycles. The fourth-order valence-electron chi connectivity index (χ4n) is 2.52. The molecule has 2 atom stereocenters. The number of benzene rings is 1. The van der Waals surface area contributed by atoms with E-state index >= 15 is 0 Å². The van der Waals surface area contributed by atoms with E-state index in [9.17, 15) is 0 Å². The molecule has 108 valence electrons. The van der Waals surface area contributed by atoms with Crippen molar-refractivity contribution in [1.82, 2.24) is 5.32 Å². The minimum atomic E-state index is 0.498. The second kappa shape index (κ2) is 8.37. The van der Waals surface area contributed by atoms with Gasteiger partial charge in [-0.15, -0.1) is 0 Å². The highest BCUT2D eigenvalue weighted by Gasteiger charge is 2.16. The lowest BCUT2D eigenvalue weighted by Gasteiger charge is -2.25. The molecule has 19 heavy (non-hydrogen) atoms. The van der Waals surface area contributed by atoms with Crippen molar-refractivity contribution in [1.29, 1.82) is 0 Å². The van der Waals surface area contributed by atoms with E-state index in [0.29, 0.717) is 12.0 Å². The van der Waals surface area contributed by atoms with Crippen LogP contribution in [0.15, 0.2) is 24.3 Å². The van der Waals surface area contributed by atoms with Crippen LogP contribution in [0.5, 0.6) is 0 Å². The summed E-state index contributed by atoms with van der Waals surface area (Å²) in [4.78, 5) is 0. The first-order chi connectivity index (χ1) is 9.08. The fourth-order valence-corrected chi connectivity index (χ4v) is 2.52. The minimum Gasteiger partial charge on any atom is -0.310 e. The Balaban J connectivity index is 2.78. The third kappa shape index (κ3) is 5.36. The molecule has 0 saturated carbocycles. The molecule has 1 nitrogen and oxygen atoms in total. The van der Waals surface area contributed by atoms with Gasteiger partial charge in [0.25, 0.3) is 0 Å². The summed E-state index contributed by atoms with van der Waals surface area (Å²) in [7, 11) is 0. The van der Waals surface area contributed by atoms with Gasteiger partial charge in [-0.05, 0) is 42.3 Å². The minimum absolute atomic E-state index is 0.498. The summed E-state index contributed by atoms with van der Waals surface area (Å²) in [5.41, 5.74) is 2.90. The normalized spacial score (nSPS) is 14.6. The third-order valence-corrected chi connectivity index (χ3v) is 3.81.